The van der Waals surface area contributed by atoms with Gasteiger partial charge in [0.05, 0.1) is 0 Å². The maximum absolute atomic E-state index is 3.29. The average Bonchev–Trinajstić information content (AvgIpc) is 2.03. The third kappa shape index (κ3) is 4.13. The van der Waals surface area contributed by atoms with E-state index in [9.17, 15) is 0 Å². The van der Waals surface area contributed by atoms with Crippen LogP contribution in [0.15, 0.2) is 30.3 Å². The summed E-state index contributed by atoms with van der Waals surface area (Å²) >= 11 is 0. The van der Waals surface area contributed by atoms with Crippen molar-refractivity contribution in [3.05, 3.63) is 30.3 Å². The van der Waals surface area contributed by atoms with Gasteiger partial charge in [-0.1, -0.05) is 25.1 Å². The first-order valence-electron chi connectivity index (χ1n) is 3.72. The maximum atomic E-state index is 3.29. The predicted molar refractivity (Wildman–Crippen MR) is 46.3 cm³/mol. The standard InChI is InChI=1S/C9H13N.Li.H/c1-2-8-10-9-6-4-3-5-7-9;;/h3-7,10H,2,8H2,1H3;;/q;+1;-1. The molecule has 0 aliphatic carbocycles. The van der Waals surface area contributed by atoms with E-state index >= 15 is 0 Å². The van der Waals surface area contributed by atoms with E-state index in [-0.39, 0.29) is 20.3 Å². The van der Waals surface area contributed by atoms with Gasteiger partial charge in [-0.2, -0.15) is 0 Å². The van der Waals surface area contributed by atoms with Gasteiger partial charge in [0.1, 0.15) is 0 Å². The van der Waals surface area contributed by atoms with Crippen molar-refractivity contribution in [1.29, 1.82) is 0 Å². The largest absolute Gasteiger partial charge is 1.00 e. The zero-order valence-electron chi connectivity index (χ0n) is 8.30. The molecule has 0 unspecified atom stereocenters. The fourth-order valence-electron chi connectivity index (χ4n) is 0.825. The van der Waals surface area contributed by atoms with E-state index in [4.69, 9.17) is 0 Å². The van der Waals surface area contributed by atoms with Crippen molar-refractivity contribution in [3.63, 3.8) is 0 Å². The van der Waals surface area contributed by atoms with Gasteiger partial charge in [0.15, 0.2) is 0 Å². The first-order chi connectivity index (χ1) is 4.93. The van der Waals surface area contributed by atoms with Crippen molar-refractivity contribution in [2.24, 2.45) is 0 Å². The summed E-state index contributed by atoms with van der Waals surface area (Å²) in [6, 6.07) is 10.3. The van der Waals surface area contributed by atoms with Gasteiger partial charge in [-0.3, -0.25) is 0 Å². The van der Waals surface area contributed by atoms with E-state index in [1.54, 1.807) is 0 Å². The first kappa shape index (κ1) is 10.6. The summed E-state index contributed by atoms with van der Waals surface area (Å²) in [4.78, 5) is 0. The third-order valence-electron chi connectivity index (χ3n) is 1.35. The van der Waals surface area contributed by atoms with E-state index in [1.165, 1.54) is 12.1 Å². The fraction of sp³-hybridized carbons (Fsp3) is 0.333. The number of hydrogen-bond acceptors (Lipinski definition) is 1. The Bertz CT molecular complexity index is 179. The number of para-hydroxylation sites is 1. The molecule has 0 fully saturated rings. The summed E-state index contributed by atoms with van der Waals surface area (Å²) in [6.07, 6.45) is 1.18. The van der Waals surface area contributed by atoms with E-state index < -0.39 is 0 Å². The summed E-state index contributed by atoms with van der Waals surface area (Å²) in [5, 5.41) is 3.29. The summed E-state index contributed by atoms with van der Waals surface area (Å²) in [6.45, 7) is 3.22. The molecule has 0 atom stereocenters. The molecule has 0 aliphatic heterocycles. The molecule has 11 heavy (non-hydrogen) atoms. The van der Waals surface area contributed by atoms with Crippen molar-refractivity contribution in [1.82, 2.24) is 0 Å². The molecule has 0 bridgehead atoms. The van der Waals surface area contributed by atoms with Gasteiger partial charge in [0.2, 0.25) is 0 Å². The Kier molecular flexibility index (Phi) is 6.12. The zero-order valence-corrected chi connectivity index (χ0v) is 7.30. The van der Waals surface area contributed by atoms with Crippen LogP contribution in [0.3, 0.4) is 0 Å². The fourth-order valence-corrected chi connectivity index (χ4v) is 0.825. The second-order valence-corrected chi connectivity index (χ2v) is 2.29. The van der Waals surface area contributed by atoms with E-state index in [1.807, 2.05) is 18.2 Å². The monoisotopic (exact) mass is 143 g/mol. The molecular formula is C9H14LiN. The summed E-state index contributed by atoms with van der Waals surface area (Å²) in [5.74, 6) is 0. The van der Waals surface area contributed by atoms with Crippen LogP contribution in [0.1, 0.15) is 14.8 Å². The molecule has 1 nitrogen and oxygen atoms in total. The van der Waals surface area contributed by atoms with Crippen LogP contribution >= 0.6 is 0 Å². The molecule has 0 amide bonds. The minimum absolute atomic E-state index is 0. The summed E-state index contributed by atoms with van der Waals surface area (Å²) < 4.78 is 0. The number of rotatable bonds is 3. The molecule has 0 heterocycles. The number of hydrogen-bond donors (Lipinski definition) is 1. The van der Waals surface area contributed by atoms with Crippen LogP contribution in [-0.4, -0.2) is 6.54 Å². The van der Waals surface area contributed by atoms with Gasteiger partial charge in [-0.15, -0.1) is 0 Å². The maximum Gasteiger partial charge on any atom is 1.00 e. The van der Waals surface area contributed by atoms with Crippen molar-refractivity contribution in [2.75, 3.05) is 11.9 Å². The number of nitrogens with one attached hydrogen (secondary N) is 1. The van der Waals surface area contributed by atoms with Gasteiger partial charge in [-0.05, 0) is 18.6 Å². The van der Waals surface area contributed by atoms with Crippen molar-refractivity contribution >= 4 is 5.69 Å². The Labute approximate surface area is 81.9 Å². The van der Waals surface area contributed by atoms with Crippen LogP contribution in [0.25, 0.3) is 0 Å². The van der Waals surface area contributed by atoms with E-state index in [0.717, 1.165) is 6.54 Å². The Morgan fingerprint density at radius 2 is 1.91 bits per heavy atom. The Morgan fingerprint density at radius 1 is 1.27 bits per heavy atom. The molecule has 2 heteroatoms. The molecule has 1 aromatic carbocycles. The van der Waals surface area contributed by atoms with Crippen LogP contribution in [0.4, 0.5) is 5.69 Å². The van der Waals surface area contributed by atoms with Gasteiger partial charge < -0.3 is 6.74 Å². The molecular weight excluding hydrogens is 129 g/mol. The van der Waals surface area contributed by atoms with Gasteiger partial charge in [0, 0.05) is 12.2 Å². The smallest absolute Gasteiger partial charge is 1.00 e. The van der Waals surface area contributed by atoms with Crippen molar-refractivity contribution < 1.29 is 20.3 Å². The Balaban J connectivity index is 0. The Morgan fingerprint density at radius 3 is 2.45 bits per heavy atom. The van der Waals surface area contributed by atoms with Crippen LogP contribution in [0, 0.1) is 0 Å². The number of anilines is 1. The second-order valence-electron chi connectivity index (χ2n) is 2.29. The van der Waals surface area contributed by atoms with Gasteiger partial charge in [0.25, 0.3) is 0 Å². The van der Waals surface area contributed by atoms with E-state index in [2.05, 4.69) is 24.4 Å². The second kappa shape index (κ2) is 6.34. The normalized spacial score (nSPS) is 8.45. The SMILES string of the molecule is CCCNc1ccccc1.[H-].[Li+]. The van der Waals surface area contributed by atoms with Crippen molar-refractivity contribution in [2.45, 2.75) is 13.3 Å². The first-order valence-corrected chi connectivity index (χ1v) is 3.72. The molecule has 0 saturated carbocycles. The molecule has 0 spiro atoms. The molecule has 0 aromatic heterocycles. The minimum Gasteiger partial charge on any atom is -1.00 e. The van der Waals surface area contributed by atoms with Gasteiger partial charge in [-0.25, -0.2) is 0 Å². The molecule has 0 radical (unpaired) electrons. The van der Waals surface area contributed by atoms with Gasteiger partial charge >= 0.3 is 18.9 Å². The molecule has 1 aromatic rings. The topological polar surface area (TPSA) is 12.0 Å². The number of benzene rings is 1. The molecule has 56 valence electrons. The average molecular weight is 143 g/mol. The molecule has 1 rings (SSSR count). The van der Waals surface area contributed by atoms with Crippen molar-refractivity contribution in [3.8, 4) is 0 Å². The summed E-state index contributed by atoms with van der Waals surface area (Å²) in [5.41, 5.74) is 1.21. The Hall–Kier alpha value is -0.383. The van der Waals surface area contributed by atoms with Crippen LogP contribution in [0.5, 0.6) is 0 Å². The van der Waals surface area contributed by atoms with Crippen LogP contribution in [0.2, 0.25) is 0 Å². The third-order valence-corrected chi connectivity index (χ3v) is 1.35. The molecule has 0 aliphatic rings. The molecule has 1 N–H and O–H groups in total. The summed E-state index contributed by atoms with van der Waals surface area (Å²) in [7, 11) is 0. The van der Waals surface area contributed by atoms with Crippen LogP contribution < -0.4 is 24.2 Å². The minimum atomic E-state index is 0. The molecule has 0 saturated heterocycles. The van der Waals surface area contributed by atoms with Crippen LogP contribution in [-0.2, 0) is 0 Å². The quantitative estimate of drug-likeness (QED) is 0.569. The zero-order chi connectivity index (χ0) is 7.23. The van der Waals surface area contributed by atoms with E-state index in [0.29, 0.717) is 0 Å². The predicted octanol–water partition coefficient (Wildman–Crippen LogP) is -0.375.